The molecule has 1 N–H and O–H groups in total. The Labute approximate surface area is 166 Å². The first kappa shape index (κ1) is 18.2. The number of nitrogens with zero attached hydrogens (tertiary/aromatic N) is 4. The number of hydrogen-bond donors (Lipinski definition) is 1. The van der Waals surface area contributed by atoms with Gasteiger partial charge in [0.1, 0.15) is 18.2 Å². The molecule has 3 heterocycles. The zero-order chi connectivity index (χ0) is 19.3. The van der Waals surface area contributed by atoms with Gasteiger partial charge in [-0.15, -0.1) is 11.8 Å². The molecule has 4 rings (SSSR count). The van der Waals surface area contributed by atoms with Crippen molar-refractivity contribution in [3.05, 3.63) is 78.5 Å². The Hall–Kier alpha value is -3.13. The molecular weight excluding hydrogens is 374 g/mol. The van der Waals surface area contributed by atoms with Crippen LogP contribution in [0.5, 0.6) is 0 Å². The Morgan fingerprint density at radius 1 is 1.18 bits per heavy atom. The molecule has 142 valence electrons. The molecule has 1 aliphatic heterocycles. The molecule has 8 heteroatoms. The van der Waals surface area contributed by atoms with E-state index in [2.05, 4.69) is 15.3 Å². The number of benzene rings is 1. The summed E-state index contributed by atoms with van der Waals surface area (Å²) in [6, 6.07) is 12.7. The first-order valence-electron chi connectivity index (χ1n) is 8.87. The first-order valence-corrected chi connectivity index (χ1v) is 10.0. The first-order chi connectivity index (χ1) is 13.7. The summed E-state index contributed by atoms with van der Waals surface area (Å²) in [7, 11) is 0. The molecule has 0 aliphatic carbocycles. The Morgan fingerprint density at radius 3 is 2.75 bits per heavy atom. The van der Waals surface area contributed by atoms with Crippen molar-refractivity contribution >= 4 is 23.6 Å². The monoisotopic (exact) mass is 393 g/mol. The predicted octanol–water partition coefficient (Wildman–Crippen LogP) is 2.10. The van der Waals surface area contributed by atoms with Crippen molar-refractivity contribution in [3.8, 4) is 5.82 Å². The van der Waals surface area contributed by atoms with Crippen LogP contribution < -0.4 is 5.32 Å². The number of pyridine rings is 1. The lowest BCUT2D eigenvalue weighted by molar-refractivity contribution is -0.124. The van der Waals surface area contributed by atoms with Crippen molar-refractivity contribution in [1.29, 1.82) is 0 Å². The van der Waals surface area contributed by atoms with Gasteiger partial charge in [0.05, 0.1) is 11.4 Å². The van der Waals surface area contributed by atoms with E-state index in [0.717, 1.165) is 5.56 Å². The summed E-state index contributed by atoms with van der Waals surface area (Å²) in [5.41, 5.74) is 1.49. The minimum atomic E-state index is -0.477. The van der Waals surface area contributed by atoms with E-state index in [-0.39, 0.29) is 11.8 Å². The third-order valence-electron chi connectivity index (χ3n) is 4.52. The molecule has 2 aromatic heterocycles. The number of thioether (sulfide) groups is 1. The van der Waals surface area contributed by atoms with Gasteiger partial charge >= 0.3 is 0 Å². The van der Waals surface area contributed by atoms with Crippen molar-refractivity contribution in [2.45, 2.75) is 12.6 Å². The number of imidazole rings is 1. The lowest BCUT2D eigenvalue weighted by atomic mass is 10.2. The van der Waals surface area contributed by atoms with Crippen LogP contribution in [0, 0.1) is 0 Å². The predicted molar refractivity (Wildman–Crippen MR) is 107 cm³/mol. The minimum absolute atomic E-state index is 0.134. The highest BCUT2D eigenvalue weighted by Crippen LogP contribution is 2.23. The average molecular weight is 393 g/mol. The van der Waals surface area contributed by atoms with Crippen LogP contribution in [0.1, 0.15) is 15.9 Å². The zero-order valence-electron chi connectivity index (χ0n) is 15.1. The average Bonchev–Trinajstić information content (AvgIpc) is 3.44. The SMILES string of the molecule is O=C(NCc1ccccc1)[C@H]1CSCN1C(=O)c1ccc(-n2ccnc2)nc1. The second-order valence-electron chi connectivity index (χ2n) is 6.37. The molecular formula is C20H19N5O2S. The Balaban J connectivity index is 1.42. The lowest BCUT2D eigenvalue weighted by Gasteiger charge is -2.23. The maximum Gasteiger partial charge on any atom is 0.256 e. The summed E-state index contributed by atoms with van der Waals surface area (Å²) in [6.45, 7) is 0.448. The summed E-state index contributed by atoms with van der Waals surface area (Å²) >= 11 is 1.58. The van der Waals surface area contributed by atoms with Crippen molar-refractivity contribution in [2.75, 3.05) is 11.6 Å². The van der Waals surface area contributed by atoms with E-state index in [1.165, 1.54) is 0 Å². The number of rotatable bonds is 5. The van der Waals surface area contributed by atoms with Gasteiger partial charge in [-0.3, -0.25) is 14.2 Å². The normalized spacial score (nSPS) is 16.1. The molecule has 0 radical (unpaired) electrons. The van der Waals surface area contributed by atoms with Crippen molar-refractivity contribution < 1.29 is 9.59 Å². The van der Waals surface area contributed by atoms with Crippen LogP contribution in [0.4, 0.5) is 0 Å². The van der Waals surface area contributed by atoms with E-state index in [1.54, 1.807) is 58.3 Å². The number of aromatic nitrogens is 3. The molecule has 0 spiro atoms. The van der Waals surface area contributed by atoms with Gasteiger partial charge < -0.3 is 10.2 Å². The van der Waals surface area contributed by atoms with E-state index >= 15 is 0 Å². The van der Waals surface area contributed by atoms with Gasteiger partial charge in [0.25, 0.3) is 5.91 Å². The van der Waals surface area contributed by atoms with Gasteiger partial charge in [0.15, 0.2) is 0 Å². The fraction of sp³-hybridized carbons (Fsp3) is 0.200. The van der Waals surface area contributed by atoms with Crippen LogP contribution in [-0.4, -0.2) is 48.9 Å². The summed E-state index contributed by atoms with van der Waals surface area (Å²) in [4.78, 5) is 35.5. The topological polar surface area (TPSA) is 80.1 Å². The third-order valence-corrected chi connectivity index (χ3v) is 5.53. The van der Waals surface area contributed by atoms with Crippen LogP contribution in [0.15, 0.2) is 67.4 Å². The second kappa shape index (κ2) is 8.26. The van der Waals surface area contributed by atoms with Crippen LogP contribution in [0.25, 0.3) is 5.82 Å². The minimum Gasteiger partial charge on any atom is -0.350 e. The van der Waals surface area contributed by atoms with Gasteiger partial charge in [-0.05, 0) is 17.7 Å². The molecule has 3 aromatic rings. The maximum atomic E-state index is 12.9. The standard InChI is InChI=1S/C20H19N5O2S/c26-19(23-10-15-4-2-1-3-5-15)17-12-28-14-25(17)20(27)16-6-7-18(22-11-16)24-9-8-21-13-24/h1-9,11,13,17H,10,12,14H2,(H,23,26)/t17-/m1/s1. The molecule has 1 saturated heterocycles. The van der Waals surface area contributed by atoms with Crippen molar-refractivity contribution in [3.63, 3.8) is 0 Å². The number of hydrogen-bond acceptors (Lipinski definition) is 5. The van der Waals surface area contributed by atoms with Crippen LogP contribution >= 0.6 is 11.8 Å². The highest BCUT2D eigenvalue weighted by atomic mass is 32.2. The smallest absolute Gasteiger partial charge is 0.256 e. The van der Waals surface area contributed by atoms with Gasteiger partial charge in [0.2, 0.25) is 5.91 Å². The second-order valence-corrected chi connectivity index (χ2v) is 7.37. The van der Waals surface area contributed by atoms with Crippen molar-refractivity contribution in [2.24, 2.45) is 0 Å². The summed E-state index contributed by atoms with van der Waals surface area (Å²) in [5, 5.41) is 2.93. The summed E-state index contributed by atoms with van der Waals surface area (Å²) in [5.74, 6) is 1.44. The fourth-order valence-corrected chi connectivity index (χ4v) is 4.14. The van der Waals surface area contributed by atoms with Gasteiger partial charge in [-0.25, -0.2) is 9.97 Å². The molecule has 1 fully saturated rings. The molecule has 0 saturated carbocycles. The maximum absolute atomic E-state index is 12.9. The quantitative estimate of drug-likeness (QED) is 0.718. The fourth-order valence-electron chi connectivity index (χ4n) is 2.99. The molecule has 28 heavy (non-hydrogen) atoms. The Bertz CT molecular complexity index is 944. The van der Waals surface area contributed by atoms with Gasteiger partial charge in [0, 0.05) is 30.9 Å². The molecule has 7 nitrogen and oxygen atoms in total. The van der Waals surface area contributed by atoms with Crippen LogP contribution in [-0.2, 0) is 11.3 Å². The van der Waals surface area contributed by atoms with E-state index < -0.39 is 6.04 Å². The molecule has 0 unspecified atom stereocenters. The van der Waals surface area contributed by atoms with E-state index in [0.29, 0.717) is 29.6 Å². The lowest BCUT2D eigenvalue weighted by Crippen LogP contribution is -2.47. The Morgan fingerprint density at radius 2 is 2.04 bits per heavy atom. The number of amides is 2. The molecule has 1 aliphatic rings. The molecule has 0 bridgehead atoms. The van der Waals surface area contributed by atoms with Crippen LogP contribution in [0.3, 0.4) is 0 Å². The summed E-state index contributed by atoms with van der Waals surface area (Å²) < 4.78 is 1.76. The molecule has 1 aromatic carbocycles. The Kier molecular flexibility index (Phi) is 5.38. The number of carbonyl (C=O) groups excluding carboxylic acids is 2. The number of carbonyl (C=O) groups is 2. The van der Waals surface area contributed by atoms with Gasteiger partial charge in [-0.2, -0.15) is 0 Å². The van der Waals surface area contributed by atoms with E-state index in [4.69, 9.17) is 0 Å². The molecule has 2 amide bonds. The van der Waals surface area contributed by atoms with Crippen molar-refractivity contribution in [1.82, 2.24) is 24.8 Å². The summed E-state index contributed by atoms with van der Waals surface area (Å²) in [6.07, 6.45) is 6.64. The third kappa shape index (κ3) is 3.91. The van der Waals surface area contributed by atoms with Crippen LogP contribution in [0.2, 0.25) is 0 Å². The van der Waals surface area contributed by atoms with Gasteiger partial charge in [-0.1, -0.05) is 30.3 Å². The molecule has 1 atom stereocenters. The highest BCUT2D eigenvalue weighted by molar-refractivity contribution is 7.99. The number of nitrogens with one attached hydrogen (secondary N) is 1. The zero-order valence-corrected chi connectivity index (χ0v) is 15.9. The van der Waals surface area contributed by atoms with E-state index in [9.17, 15) is 9.59 Å². The largest absolute Gasteiger partial charge is 0.350 e. The highest BCUT2D eigenvalue weighted by Gasteiger charge is 2.35. The van der Waals surface area contributed by atoms with E-state index in [1.807, 2.05) is 30.3 Å².